The van der Waals surface area contributed by atoms with Crippen LogP contribution in [0.2, 0.25) is 0 Å². The van der Waals surface area contributed by atoms with E-state index in [1.165, 1.54) is 0 Å². The van der Waals surface area contributed by atoms with Gasteiger partial charge in [-0.3, -0.25) is 4.79 Å². The van der Waals surface area contributed by atoms with Crippen molar-refractivity contribution in [2.24, 2.45) is 0 Å². The molecule has 0 spiro atoms. The van der Waals surface area contributed by atoms with Crippen LogP contribution in [0.5, 0.6) is 0 Å². The highest BCUT2D eigenvalue weighted by Gasteiger charge is 1.96. The van der Waals surface area contributed by atoms with Crippen LogP contribution in [0.4, 0.5) is 0 Å². The third-order valence-corrected chi connectivity index (χ3v) is 1.54. The molecule has 0 heterocycles. The zero-order valence-electron chi connectivity index (χ0n) is 8.71. The second-order valence-electron chi connectivity index (χ2n) is 2.82. The number of rotatable bonds is 9. The number of hydrogen-bond donors (Lipinski definition) is 3. The SMILES string of the molecule is CCNC(=O)CNCCCOCCO. The van der Waals surface area contributed by atoms with E-state index in [-0.39, 0.29) is 12.5 Å². The lowest BCUT2D eigenvalue weighted by Crippen LogP contribution is -2.34. The molecule has 0 aromatic rings. The van der Waals surface area contributed by atoms with Crippen LogP contribution < -0.4 is 10.6 Å². The van der Waals surface area contributed by atoms with E-state index in [2.05, 4.69) is 10.6 Å². The predicted molar refractivity (Wildman–Crippen MR) is 54.1 cm³/mol. The number of amides is 1. The number of carbonyl (C=O) groups is 1. The van der Waals surface area contributed by atoms with Crippen LogP contribution in [0.3, 0.4) is 0 Å². The van der Waals surface area contributed by atoms with Gasteiger partial charge in [-0.25, -0.2) is 0 Å². The normalized spacial score (nSPS) is 10.1. The van der Waals surface area contributed by atoms with E-state index < -0.39 is 0 Å². The summed E-state index contributed by atoms with van der Waals surface area (Å²) in [7, 11) is 0. The smallest absolute Gasteiger partial charge is 0.233 e. The molecule has 0 atom stereocenters. The van der Waals surface area contributed by atoms with E-state index in [9.17, 15) is 4.79 Å². The summed E-state index contributed by atoms with van der Waals surface area (Å²) in [6.45, 7) is 4.72. The van der Waals surface area contributed by atoms with E-state index in [0.717, 1.165) is 13.0 Å². The first kappa shape index (κ1) is 13.4. The summed E-state index contributed by atoms with van der Waals surface area (Å²) in [5.74, 6) is 0.0174. The summed E-state index contributed by atoms with van der Waals surface area (Å²) in [6.07, 6.45) is 0.847. The highest BCUT2D eigenvalue weighted by atomic mass is 16.5. The number of nitrogens with one attached hydrogen (secondary N) is 2. The quantitative estimate of drug-likeness (QED) is 0.426. The first-order valence-electron chi connectivity index (χ1n) is 4.97. The molecule has 0 aromatic heterocycles. The van der Waals surface area contributed by atoms with Gasteiger partial charge in [0.1, 0.15) is 0 Å². The summed E-state index contributed by atoms with van der Waals surface area (Å²) in [6, 6.07) is 0. The van der Waals surface area contributed by atoms with Gasteiger partial charge in [-0.1, -0.05) is 0 Å². The number of aliphatic hydroxyl groups is 1. The van der Waals surface area contributed by atoms with Crippen molar-refractivity contribution in [3.05, 3.63) is 0 Å². The minimum absolute atomic E-state index is 0.0174. The van der Waals surface area contributed by atoms with Crippen LogP contribution in [-0.2, 0) is 9.53 Å². The van der Waals surface area contributed by atoms with Crippen LogP contribution in [0, 0.1) is 0 Å². The number of hydrogen-bond acceptors (Lipinski definition) is 4. The van der Waals surface area contributed by atoms with Crippen LogP contribution in [0.1, 0.15) is 13.3 Å². The van der Waals surface area contributed by atoms with Crippen molar-refractivity contribution in [1.82, 2.24) is 10.6 Å². The summed E-state index contributed by atoms with van der Waals surface area (Å²) in [5.41, 5.74) is 0. The van der Waals surface area contributed by atoms with Gasteiger partial charge >= 0.3 is 0 Å². The molecule has 1 amide bonds. The van der Waals surface area contributed by atoms with Gasteiger partial charge in [0.2, 0.25) is 5.91 Å². The van der Waals surface area contributed by atoms with Crippen LogP contribution in [0.15, 0.2) is 0 Å². The summed E-state index contributed by atoms with van der Waals surface area (Å²) in [4.78, 5) is 10.9. The summed E-state index contributed by atoms with van der Waals surface area (Å²) >= 11 is 0. The third-order valence-electron chi connectivity index (χ3n) is 1.54. The Morgan fingerprint density at radius 3 is 2.86 bits per heavy atom. The van der Waals surface area contributed by atoms with Crippen LogP contribution in [0.25, 0.3) is 0 Å². The average molecular weight is 204 g/mol. The van der Waals surface area contributed by atoms with Gasteiger partial charge in [0.05, 0.1) is 19.8 Å². The van der Waals surface area contributed by atoms with Gasteiger partial charge in [0.15, 0.2) is 0 Å². The molecule has 0 unspecified atom stereocenters. The van der Waals surface area contributed by atoms with Gasteiger partial charge in [-0.2, -0.15) is 0 Å². The molecule has 0 aromatic carbocycles. The van der Waals surface area contributed by atoms with Crippen molar-refractivity contribution >= 4 is 5.91 Å². The fraction of sp³-hybridized carbons (Fsp3) is 0.889. The van der Waals surface area contributed by atoms with E-state index >= 15 is 0 Å². The molecule has 14 heavy (non-hydrogen) atoms. The minimum Gasteiger partial charge on any atom is -0.394 e. The Morgan fingerprint density at radius 1 is 1.43 bits per heavy atom. The fourth-order valence-corrected chi connectivity index (χ4v) is 0.927. The van der Waals surface area contributed by atoms with Crippen molar-refractivity contribution in [2.75, 3.05) is 39.5 Å². The number of aliphatic hydroxyl groups excluding tert-OH is 1. The molecule has 3 N–H and O–H groups in total. The Labute approximate surface area is 84.8 Å². The topological polar surface area (TPSA) is 70.6 Å². The molecule has 0 saturated carbocycles. The second-order valence-corrected chi connectivity index (χ2v) is 2.82. The standard InChI is InChI=1S/C9H20N2O3/c1-2-11-9(13)8-10-4-3-6-14-7-5-12/h10,12H,2-8H2,1H3,(H,11,13). The van der Waals surface area contributed by atoms with Gasteiger partial charge in [-0.15, -0.1) is 0 Å². The molecule has 0 aliphatic carbocycles. The largest absolute Gasteiger partial charge is 0.394 e. The van der Waals surface area contributed by atoms with Gasteiger partial charge in [0, 0.05) is 13.2 Å². The van der Waals surface area contributed by atoms with E-state index in [0.29, 0.717) is 26.3 Å². The number of ether oxygens (including phenoxy) is 1. The van der Waals surface area contributed by atoms with Crippen molar-refractivity contribution in [3.8, 4) is 0 Å². The second kappa shape index (κ2) is 10.4. The Morgan fingerprint density at radius 2 is 2.21 bits per heavy atom. The average Bonchev–Trinajstić information content (AvgIpc) is 2.17. The molecule has 0 aliphatic heterocycles. The van der Waals surface area contributed by atoms with Crippen molar-refractivity contribution in [2.45, 2.75) is 13.3 Å². The van der Waals surface area contributed by atoms with Crippen LogP contribution in [-0.4, -0.2) is 50.5 Å². The van der Waals surface area contributed by atoms with Crippen LogP contribution >= 0.6 is 0 Å². The molecule has 5 heteroatoms. The molecular formula is C9H20N2O3. The Hall–Kier alpha value is -0.650. The highest BCUT2D eigenvalue weighted by molar-refractivity contribution is 5.77. The Kier molecular flexibility index (Phi) is 9.95. The minimum atomic E-state index is 0.0174. The fourth-order valence-electron chi connectivity index (χ4n) is 0.927. The maximum atomic E-state index is 10.9. The van der Waals surface area contributed by atoms with Gasteiger partial charge < -0.3 is 20.5 Å². The summed E-state index contributed by atoms with van der Waals surface area (Å²) < 4.78 is 5.05. The molecule has 0 bridgehead atoms. The maximum Gasteiger partial charge on any atom is 0.233 e. The van der Waals surface area contributed by atoms with E-state index in [1.807, 2.05) is 6.92 Å². The zero-order valence-corrected chi connectivity index (χ0v) is 8.71. The van der Waals surface area contributed by atoms with E-state index in [1.54, 1.807) is 0 Å². The lowest BCUT2D eigenvalue weighted by molar-refractivity contribution is -0.120. The molecule has 0 saturated heterocycles. The first-order chi connectivity index (χ1) is 6.81. The van der Waals surface area contributed by atoms with E-state index in [4.69, 9.17) is 9.84 Å². The number of carbonyl (C=O) groups excluding carboxylic acids is 1. The summed E-state index contributed by atoms with van der Waals surface area (Å²) in [5, 5.41) is 14.1. The number of likely N-dealkylation sites (N-methyl/N-ethyl adjacent to an activating group) is 1. The molecule has 0 fully saturated rings. The highest BCUT2D eigenvalue weighted by Crippen LogP contribution is 1.79. The van der Waals surface area contributed by atoms with Crippen molar-refractivity contribution in [1.29, 1.82) is 0 Å². The van der Waals surface area contributed by atoms with Gasteiger partial charge in [0.25, 0.3) is 0 Å². The Balaban J connectivity index is 3.01. The van der Waals surface area contributed by atoms with Crippen molar-refractivity contribution < 1.29 is 14.6 Å². The lowest BCUT2D eigenvalue weighted by Gasteiger charge is -2.05. The monoisotopic (exact) mass is 204 g/mol. The zero-order chi connectivity index (χ0) is 10.6. The third kappa shape index (κ3) is 9.44. The molecule has 84 valence electrons. The lowest BCUT2D eigenvalue weighted by atomic mass is 10.4. The molecule has 5 nitrogen and oxygen atoms in total. The van der Waals surface area contributed by atoms with Gasteiger partial charge in [-0.05, 0) is 19.9 Å². The first-order valence-corrected chi connectivity index (χ1v) is 4.97. The molecular weight excluding hydrogens is 184 g/mol. The molecule has 0 radical (unpaired) electrons. The molecule has 0 aliphatic rings. The molecule has 0 rings (SSSR count). The maximum absolute atomic E-state index is 10.9. The van der Waals surface area contributed by atoms with Crippen molar-refractivity contribution in [3.63, 3.8) is 0 Å². The Bertz CT molecular complexity index is 142. The predicted octanol–water partition coefficient (Wildman–Crippen LogP) is -0.889.